The average Bonchev–Trinajstić information content (AvgIpc) is 3.59. The minimum Gasteiger partial charge on any atom is -0.481 e. The van der Waals surface area contributed by atoms with E-state index in [2.05, 4.69) is 16.7 Å². The number of carboxylic acids is 1. The molecule has 3 saturated heterocycles. The molecule has 1 saturated carbocycles. The highest BCUT2D eigenvalue weighted by Crippen LogP contribution is 2.43. The number of nitrogens with zero attached hydrogens (tertiary/aromatic N) is 3. The fraction of sp³-hybridized carbons (Fsp3) is 0.714. The van der Waals surface area contributed by atoms with Crippen molar-refractivity contribution in [1.29, 1.82) is 0 Å². The average molecular weight is 504 g/mol. The van der Waals surface area contributed by atoms with Crippen LogP contribution in [0.4, 0.5) is 14.5 Å². The van der Waals surface area contributed by atoms with E-state index < -0.39 is 17.5 Å². The first-order chi connectivity index (χ1) is 17.2. The maximum atomic E-state index is 16.3. The van der Waals surface area contributed by atoms with Gasteiger partial charge in [0, 0.05) is 62.8 Å². The molecule has 36 heavy (non-hydrogen) atoms. The molecule has 3 aliphatic heterocycles. The van der Waals surface area contributed by atoms with Crippen molar-refractivity contribution in [2.24, 2.45) is 17.8 Å². The fourth-order valence-electron chi connectivity index (χ4n) is 7.11. The topological polar surface area (TPSA) is 64.1 Å². The van der Waals surface area contributed by atoms with Crippen LogP contribution in [0.5, 0.6) is 0 Å². The number of hydrogen-bond donors (Lipinski definition) is 1. The molecular weight excluding hydrogens is 464 g/mol. The number of likely N-dealkylation sites (tertiary alicyclic amines) is 2. The van der Waals surface area contributed by atoms with Crippen molar-refractivity contribution < 1.29 is 23.5 Å². The normalized spacial score (nSPS) is 32.5. The summed E-state index contributed by atoms with van der Waals surface area (Å²) in [5.41, 5.74) is -0.115. The quantitative estimate of drug-likeness (QED) is 0.650. The Labute approximate surface area is 212 Å². The van der Waals surface area contributed by atoms with E-state index in [0.717, 1.165) is 24.1 Å². The van der Waals surface area contributed by atoms with E-state index in [1.165, 1.54) is 25.0 Å². The molecule has 1 N–H and O–H groups in total. The molecule has 0 radical (unpaired) electrons. The molecule has 6 nitrogen and oxygen atoms in total. The number of aliphatic carboxylic acids is 1. The van der Waals surface area contributed by atoms with E-state index in [4.69, 9.17) is 0 Å². The first-order valence-electron chi connectivity index (χ1n) is 13.7. The second-order valence-corrected chi connectivity index (χ2v) is 11.7. The highest BCUT2D eigenvalue weighted by molar-refractivity contribution is 5.87. The van der Waals surface area contributed by atoms with E-state index in [9.17, 15) is 19.1 Å². The molecule has 1 amide bonds. The Bertz CT molecular complexity index is 992. The lowest BCUT2D eigenvalue weighted by Crippen LogP contribution is -2.50. The number of amides is 1. The third-order valence-electron chi connectivity index (χ3n) is 9.40. The number of carbonyl (C=O) groups is 2. The molecule has 0 spiro atoms. The van der Waals surface area contributed by atoms with Crippen LogP contribution in [-0.4, -0.2) is 77.8 Å². The molecule has 1 aromatic rings. The first kappa shape index (κ1) is 25.4. The molecule has 0 aromatic heterocycles. The van der Waals surface area contributed by atoms with Crippen LogP contribution in [0.25, 0.3) is 0 Å². The SMILES string of the molecule is C[C@@H]1CN(C2CCCC2)C[C@@]1(F)C(=O)N1CC(c2ccc(F)cc2N2CCC(C(=O)O)CC2)[C@@H](C)C1. The van der Waals surface area contributed by atoms with Gasteiger partial charge in [0.15, 0.2) is 0 Å². The van der Waals surface area contributed by atoms with Gasteiger partial charge in [-0.3, -0.25) is 14.5 Å². The van der Waals surface area contributed by atoms with Crippen LogP contribution in [0.1, 0.15) is 63.9 Å². The van der Waals surface area contributed by atoms with E-state index in [0.29, 0.717) is 51.6 Å². The Balaban J connectivity index is 1.32. The van der Waals surface area contributed by atoms with Gasteiger partial charge in [-0.15, -0.1) is 0 Å². The maximum Gasteiger partial charge on any atom is 0.306 e. The molecule has 4 atom stereocenters. The van der Waals surface area contributed by atoms with Gasteiger partial charge in [0.05, 0.1) is 5.92 Å². The summed E-state index contributed by atoms with van der Waals surface area (Å²) in [6.45, 7) is 6.79. The van der Waals surface area contributed by atoms with Gasteiger partial charge in [-0.25, -0.2) is 8.78 Å². The summed E-state index contributed by atoms with van der Waals surface area (Å²) >= 11 is 0. The Morgan fingerprint density at radius 3 is 2.39 bits per heavy atom. The van der Waals surface area contributed by atoms with Crippen LogP contribution in [0.2, 0.25) is 0 Å². The van der Waals surface area contributed by atoms with Gasteiger partial charge in [0.1, 0.15) is 5.82 Å². The molecule has 4 aliphatic rings. The van der Waals surface area contributed by atoms with E-state index >= 15 is 4.39 Å². The largest absolute Gasteiger partial charge is 0.481 e. The predicted octanol–water partition coefficient (Wildman–Crippen LogP) is 4.29. The van der Waals surface area contributed by atoms with E-state index in [1.807, 2.05) is 6.92 Å². The van der Waals surface area contributed by atoms with Gasteiger partial charge in [-0.1, -0.05) is 32.8 Å². The number of piperidine rings is 1. The number of benzene rings is 1. The van der Waals surface area contributed by atoms with Gasteiger partial charge in [-0.05, 0) is 49.3 Å². The van der Waals surface area contributed by atoms with Gasteiger partial charge in [0.25, 0.3) is 5.91 Å². The van der Waals surface area contributed by atoms with Crippen molar-refractivity contribution in [2.45, 2.75) is 70.0 Å². The van der Waals surface area contributed by atoms with Crippen LogP contribution in [-0.2, 0) is 9.59 Å². The molecule has 1 unspecified atom stereocenters. The molecule has 1 aliphatic carbocycles. The Morgan fingerprint density at radius 2 is 1.72 bits per heavy atom. The van der Waals surface area contributed by atoms with Gasteiger partial charge in [0.2, 0.25) is 5.67 Å². The first-order valence-corrected chi connectivity index (χ1v) is 13.7. The summed E-state index contributed by atoms with van der Waals surface area (Å²) in [6, 6.07) is 5.18. The van der Waals surface area contributed by atoms with Crippen molar-refractivity contribution in [3.63, 3.8) is 0 Å². The van der Waals surface area contributed by atoms with Crippen LogP contribution in [0.3, 0.4) is 0 Å². The standard InChI is InChI=1S/C28H39F2N3O3/c1-18-14-32(27(36)28(30)17-33(15-19(28)2)22-5-3-4-6-22)16-24(18)23-8-7-21(29)13-25(23)31-11-9-20(10-12-31)26(34)35/h7-8,13,18-20,22,24H,3-6,9-12,14-17H2,1-2H3,(H,34,35)/t18-,19+,24?,28-/m0/s1. The van der Waals surface area contributed by atoms with Crippen LogP contribution < -0.4 is 4.90 Å². The third-order valence-corrected chi connectivity index (χ3v) is 9.40. The smallest absolute Gasteiger partial charge is 0.306 e. The van der Waals surface area contributed by atoms with Crippen molar-refractivity contribution in [3.8, 4) is 0 Å². The van der Waals surface area contributed by atoms with Crippen LogP contribution >= 0.6 is 0 Å². The molecular formula is C28H39F2N3O3. The number of carbonyl (C=O) groups excluding carboxylic acids is 1. The van der Waals surface area contributed by atoms with Gasteiger partial charge < -0.3 is 14.9 Å². The number of hydrogen-bond acceptors (Lipinski definition) is 4. The lowest BCUT2D eigenvalue weighted by atomic mass is 9.88. The van der Waals surface area contributed by atoms with Crippen molar-refractivity contribution in [2.75, 3.05) is 44.2 Å². The van der Waals surface area contributed by atoms with Crippen molar-refractivity contribution in [1.82, 2.24) is 9.80 Å². The summed E-state index contributed by atoms with van der Waals surface area (Å²) < 4.78 is 30.6. The molecule has 0 bridgehead atoms. The number of anilines is 1. The van der Waals surface area contributed by atoms with E-state index in [1.54, 1.807) is 11.0 Å². The summed E-state index contributed by atoms with van der Waals surface area (Å²) in [6.07, 6.45) is 5.60. The molecule has 5 rings (SSSR count). The highest BCUT2D eigenvalue weighted by Gasteiger charge is 2.55. The number of halogens is 2. The van der Waals surface area contributed by atoms with E-state index in [-0.39, 0.29) is 36.0 Å². The fourth-order valence-corrected chi connectivity index (χ4v) is 7.11. The van der Waals surface area contributed by atoms with Crippen LogP contribution in [0, 0.1) is 23.6 Å². The highest BCUT2D eigenvalue weighted by atomic mass is 19.1. The zero-order valence-electron chi connectivity index (χ0n) is 21.5. The van der Waals surface area contributed by atoms with Gasteiger partial charge >= 0.3 is 5.97 Å². The van der Waals surface area contributed by atoms with Gasteiger partial charge in [-0.2, -0.15) is 0 Å². The maximum absolute atomic E-state index is 16.3. The van der Waals surface area contributed by atoms with Crippen molar-refractivity contribution in [3.05, 3.63) is 29.6 Å². The molecule has 8 heteroatoms. The second kappa shape index (κ2) is 9.92. The summed E-state index contributed by atoms with van der Waals surface area (Å²) in [4.78, 5) is 31.0. The zero-order valence-corrected chi connectivity index (χ0v) is 21.5. The summed E-state index contributed by atoms with van der Waals surface area (Å²) in [5.74, 6) is -2.11. The number of alkyl halides is 1. The van der Waals surface area contributed by atoms with Crippen molar-refractivity contribution >= 4 is 17.6 Å². The summed E-state index contributed by atoms with van der Waals surface area (Å²) in [5, 5.41) is 9.34. The monoisotopic (exact) mass is 503 g/mol. The number of rotatable bonds is 5. The zero-order chi connectivity index (χ0) is 25.6. The number of carboxylic acid groups (broad SMARTS) is 1. The second-order valence-electron chi connectivity index (χ2n) is 11.7. The van der Waals surface area contributed by atoms with Crippen LogP contribution in [0.15, 0.2) is 18.2 Å². The lowest BCUT2D eigenvalue weighted by molar-refractivity contribution is -0.144. The lowest BCUT2D eigenvalue weighted by Gasteiger charge is -2.34. The summed E-state index contributed by atoms with van der Waals surface area (Å²) in [7, 11) is 0. The minimum atomic E-state index is -1.86. The molecule has 1 aromatic carbocycles. The molecule has 3 heterocycles. The molecule has 4 fully saturated rings. The Kier molecular flexibility index (Phi) is 7.01. The third kappa shape index (κ3) is 4.61. The predicted molar refractivity (Wildman–Crippen MR) is 134 cm³/mol. The Hall–Kier alpha value is -2.22. The molecule has 198 valence electrons. The minimum absolute atomic E-state index is 0.0204. The Morgan fingerprint density at radius 1 is 1.03 bits per heavy atom.